The van der Waals surface area contributed by atoms with Crippen molar-refractivity contribution in [1.82, 2.24) is 25.2 Å². The highest BCUT2D eigenvalue weighted by molar-refractivity contribution is 5.98. The van der Waals surface area contributed by atoms with Crippen molar-refractivity contribution >= 4 is 22.9 Å². The molecule has 0 atom stereocenters. The number of anilines is 1. The van der Waals surface area contributed by atoms with Crippen molar-refractivity contribution in [3.63, 3.8) is 0 Å². The summed E-state index contributed by atoms with van der Waals surface area (Å²) in [5.74, 6) is -1.77. The lowest BCUT2D eigenvalue weighted by Gasteiger charge is -2.17. The zero-order valence-corrected chi connectivity index (χ0v) is 21.9. The zero-order valence-electron chi connectivity index (χ0n) is 21.9. The van der Waals surface area contributed by atoms with Crippen LogP contribution >= 0.6 is 0 Å². The zero-order chi connectivity index (χ0) is 27.5. The molecule has 0 spiro atoms. The minimum Gasteiger partial charge on any atom is -0.353 e. The maximum atomic E-state index is 14.9. The largest absolute Gasteiger partial charge is 0.353 e. The summed E-state index contributed by atoms with van der Waals surface area (Å²) in [6.45, 7) is 2.97. The lowest BCUT2D eigenvalue weighted by atomic mass is 9.99. The molecule has 1 aliphatic carbocycles. The smallest absolute Gasteiger partial charge is 0.256 e. The van der Waals surface area contributed by atoms with Crippen molar-refractivity contribution in [3.8, 4) is 16.9 Å². The number of hydrogen-bond acceptors (Lipinski definition) is 6. The summed E-state index contributed by atoms with van der Waals surface area (Å²) in [5, 5.41) is 9.65. The van der Waals surface area contributed by atoms with E-state index in [1.807, 2.05) is 13.0 Å². The first kappa shape index (κ1) is 26.4. The molecule has 202 valence electrons. The Morgan fingerprint density at radius 2 is 1.77 bits per heavy atom. The number of nitrogens with one attached hydrogen (secondary N) is 3. The summed E-state index contributed by atoms with van der Waals surface area (Å²) in [4.78, 5) is 35.3. The summed E-state index contributed by atoms with van der Waals surface area (Å²) in [5.41, 5.74) is 1.29. The SMILES string of the molecule is CNCCNc1nc(-c2cc(C(=O)NC3CCCC3)ccc2C)c2ccc(=O)n(-c3c(F)cccc3F)c2n1. The van der Waals surface area contributed by atoms with Crippen molar-refractivity contribution in [2.45, 2.75) is 38.6 Å². The van der Waals surface area contributed by atoms with Crippen LogP contribution in [0.4, 0.5) is 14.7 Å². The minimum atomic E-state index is -0.892. The van der Waals surface area contributed by atoms with Gasteiger partial charge in [0, 0.05) is 41.7 Å². The fourth-order valence-corrected chi connectivity index (χ4v) is 4.97. The molecule has 0 aliphatic heterocycles. The van der Waals surface area contributed by atoms with Gasteiger partial charge in [0.2, 0.25) is 5.95 Å². The number of amides is 1. The van der Waals surface area contributed by atoms with Gasteiger partial charge in [-0.2, -0.15) is 4.98 Å². The highest BCUT2D eigenvalue weighted by atomic mass is 19.1. The molecule has 1 aliphatic rings. The van der Waals surface area contributed by atoms with Crippen molar-refractivity contribution in [3.05, 3.63) is 81.6 Å². The number of pyridine rings is 1. The molecule has 2 aromatic heterocycles. The van der Waals surface area contributed by atoms with Crippen LogP contribution in [-0.4, -0.2) is 46.6 Å². The van der Waals surface area contributed by atoms with E-state index in [4.69, 9.17) is 4.98 Å². The van der Waals surface area contributed by atoms with Gasteiger partial charge < -0.3 is 16.0 Å². The van der Waals surface area contributed by atoms with Crippen LogP contribution in [0.3, 0.4) is 0 Å². The average molecular weight is 533 g/mol. The van der Waals surface area contributed by atoms with E-state index >= 15 is 0 Å². The Morgan fingerprint density at radius 1 is 1.03 bits per heavy atom. The average Bonchev–Trinajstić information content (AvgIpc) is 3.43. The van der Waals surface area contributed by atoms with Gasteiger partial charge in [0.05, 0.1) is 5.69 Å². The van der Waals surface area contributed by atoms with Crippen LogP contribution < -0.4 is 21.5 Å². The van der Waals surface area contributed by atoms with Gasteiger partial charge in [-0.25, -0.2) is 13.8 Å². The molecule has 1 amide bonds. The highest BCUT2D eigenvalue weighted by Gasteiger charge is 2.22. The second-order valence-electron chi connectivity index (χ2n) is 9.73. The minimum absolute atomic E-state index is 0.0451. The van der Waals surface area contributed by atoms with E-state index in [0.29, 0.717) is 35.3 Å². The molecule has 0 saturated heterocycles. The Bertz CT molecular complexity index is 1580. The quantitative estimate of drug-likeness (QED) is 0.292. The van der Waals surface area contributed by atoms with Crippen LogP contribution in [-0.2, 0) is 0 Å². The number of halogens is 2. The van der Waals surface area contributed by atoms with E-state index in [2.05, 4.69) is 20.9 Å². The van der Waals surface area contributed by atoms with Gasteiger partial charge in [0.15, 0.2) is 5.65 Å². The molecule has 2 aromatic carbocycles. The van der Waals surface area contributed by atoms with Crippen molar-refractivity contribution in [2.75, 3.05) is 25.5 Å². The standard InChI is InChI=1S/C29H30F2N6O2/c1-17-10-11-18(28(39)34-19-6-3-4-7-19)16-21(17)25-20-12-13-24(38)37(26-22(30)8-5-9-23(26)31)27(20)36-29(35-25)33-15-14-32-2/h5,8-13,16,19,32H,3-4,6-7,14-15H2,1-2H3,(H,34,39)(H,33,35,36). The molecule has 2 heterocycles. The number of fused-ring (bicyclic) bond motifs is 1. The number of carbonyl (C=O) groups excluding carboxylic acids is 1. The van der Waals surface area contributed by atoms with Crippen molar-refractivity contribution in [1.29, 1.82) is 0 Å². The van der Waals surface area contributed by atoms with Gasteiger partial charge in [-0.05, 0) is 62.7 Å². The number of aromatic nitrogens is 3. The molecule has 39 heavy (non-hydrogen) atoms. The van der Waals surface area contributed by atoms with Gasteiger partial charge in [0.1, 0.15) is 17.3 Å². The topological polar surface area (TPSA) is 101 Å². The number of carbonyl (C=O) groups is 1. The highest BCUT2D eigenvalue weighted by Crippen LogP contribution is 2.32. The number of nitrogens with zero attached hydrogens (tertiary/aromatic N) is 3. The third kappa shape index (κ3) is 5.37. The summed E-state index contributed by atoms with van der Waals surface area (Å²) in [6, 6.07) is 11.7. The number of para-hydroxylation sites is 1. The monoisotopic (exact) mass is 532 g/mol. The Balaban J connectivity index is 1.71. The first-order valence-corrected chi connectivity index (χ1v) is 13.1. The van der Waals surface area contributed by atoms with E-state index in [-0.39, 0.29) is 23.5 Å². The molecule has 0 bridgehead atoms. The maximum absolute atomic E-state index is 14.9. The summed E-state index contributed by atoms with van der Waals surface area (Å²) in [6.07, 6.45) is 4.13. The fourth-order valence-electron chi connectivity index (χ4n) is 4.97. The van der Waals surface area contributed by atoms with Crippen LogP contribution in [0.2, 0.25) is 0 Å². The van der Waals surface area contributed by atoms with Crippen LogP contribution in [0, 0.1) is 18.6 Å². The Hall–Kier alpha value is -4.18. The van der Waals surface area contributed by atoms with Crippen molar-refractivity contribution in [2.24, 2.45) is 0 Å². The maximum Gasteiger partial charge on any atom is 0.256 e. The van der Waals surface area contributed by atoms with Crippen LogP contribution in [0.1, 0.15) is 41.6 Å². The third-order valence-electron chi connectivity index (χ3n) is 7.01. The Kier molecular flexibility index (Phi) is 7.65. The van der Waals surface area contributed by atoms with E-state index in [1.54, 1.807) is 25.2 Å². The first-order chi connectivity index (χ1) is 18.9. The van der Waals surface area contributed by atoms with Crippen LogP contribution in [0.25, 0.3) is 28.0 Å². The molecule has 5 rings (SSSR count). The normalized spacial score (nSPS) is 13.6. The molecular formula is C29H30F2N6O2. The van der Waals surface area contributed by atoms with E-state index < -0.39 is 22.9 Å². The Morgan fingerprint density at radius 3 is 2.49 bits per heavy atom. The van der Waals surface area contributed by atoms with Crippen LogP contribution in [0.5, 0.6) is 0 Å². The number of hydrogen-bond donors (Lipinski definition) is 3. The molecule has 0 radical (unpaired) electrons. The Labute approximate surface area is 224 Å². The molecule has 4 aromatic rings. The molecule has 3 N–H and O–H groups in total. The molecule has 0 unspecified atom stereocenters. The molecule has 1 fully saturated rings. The predicted octanol–water partition coefficient (Wildman–Crippen LogP) is 4.34. The van der Waals surface area contributed by atoms with E-state index in [1.165, 1.54) is 12.1 Å². The summed E-state index contributed by atoms with van der Waals surface area (Å²) < 4.78 is 30.7. The lowest BCUT2D eigenvalue weighted by Crippen LogP contribution is -2.32. The van der Waals surface area contributed by atoms with Crippen LogP contribution in [0.15, 0.2) is 53.3 Å². The molecule has 1 saturated carbocycles. The number of likely N-dealkylation sites (N-methyl/N-ethyl adjacent to an activating group) is 1. The second kappa shape index (κ2) is 11.3. The van der Waals surface area contributed by atoms with Gasteiger partial charge in [-0.15, -0.1) is 0 Å². The molecule has 10 heteroatoms. The van der Waals surface area contributed by atoms with Gasteiger partial charge in [-0.3, -0.25) is 14.2 Å². The lowest BCUT2D eigenvalue weighted by molar-refractivity contribution is 0.0938. The van der Waals surface area contributed by atoms with Gasteiger partial charge in [-0.1, -0.05) is 25.0 Å². The predicted molar refractivity (Wildman–Crippen MR) is 147 cm³/mol. The van der Waals surface area contributed by atoms with E-state index in [9.17, 15) is 18.4 Å². The first-order valence-electron chi connectivity index (χ1n) is 13.1. The summed E-state index contributed by atoms with van der Waals surface area (Å²) in [7, 11) is 1.80. The van der Waals surface area contributed by atoms with Gasteiger partial charge in [0.25, 0.3) is 11.5 Å². The number of rotatable bonds is 8. The molecule has 8 nitrogen and oxygen atoms in total. The number of benzene rings is 2. The van der Waals surface area contributed by atoms with Gasteiger partial charge >= 0.3 is 0 Å². The number of aryl methyl sites for hydroxylation is 1. The van der Waals surface area contributed by atoms with Crippen molar-refractivity contribution < 1.29 is 13.6 Å². The fraction of sp³-hybridized carbons (Fsp3) is 0.310. The second-order valence-corrected chi connectivity index (χ2v) is 9.73. The van der Waals surface area contributed by atoms with E-state index in [0.717, 1.165) is 47.9 Å². The third-order valence-corrected chi connectivity index (χ3v) is 7.01. The summed E-state index contributed by atoms with van der Waals surface area (Å²) >= 11 is 0. The molecular weight excluding hydrogens is 502 g/mol.